The molecule has 6 nitrogen and oxygen atoms in total. The third kappa shape index (κ3) is 3.86. The lowest BCUT2D eigenvalue weighted by Crippen LogP contribution is -2.23. The highest BCUT2D eigenvalue weighted by molar-refractivity contribution is 6.00. The first-order valence-corrected chi connectivity index (χ1v) is 9.58. The zero-order valence-corrected chi connectivity index (χ0v) is 16.8. The zero-order chi connectivity index (χ0) is 20.4. The van der Waals surface area contributed by atoms with Gasteiger partial charge in [0.15, 0.2) is 6.61 Å². The van der Waals surface area contributed by atoms with Crippen LogP contribution >= 0.6 is 0 Å². The smallest absolute Gasteiger partial charge is 0.338 e. The van der Waals surface area contributed by atoms with Crippen molar-refractivity contribution in [3.8, 4) is 0 Å². The number of esters is 1. The molecule has 0 aliphatic carbocycles. The SMILES string of the molecule is Cc1cc(C(=O)COC(=O)c2ccc(N3CCCC3=O)cc2)c(C)n1C(C)C. The Bertz CT molecular complexity index is 909. The van der Waals surface area contributed by atoms with Crippen molar-refractivity contribution < 1.29 is 19.1 Å². The molecule has 6 heteroatoms. The summed E-state index contributed by atoms with van der Waals surface area (Å²) in [5.74, 6) is -0.669. The first kappa shape index (κ1) is 19.9. The van der Waals surface area contributed by atoms with E-state index in [4.69, 9.17) is 4.74 Å². The van der Waals surface area contributed by atoms with Crippen LogP contribution < -0.4 is 4.90 Å². The van der Waals surface area contributed by atoms with E-state index in [-0.39, 0.29) is 24.3 Å². The molecule has 1 aromatic carbocycles. The number of rotatable bonds is 6. The average molecular weight is 382 g/mol. The zero-order valence-electron chi connectivity index (χ0n) is 16.8. The first-order valence-electron chi connectivity index (χ1n) is 9.58. The molecule has 1 amide bonds. The third-order valence-electron chi connectivity index (χ3n) is 5.12. The van der Waals surface area contributed by atoms with Gasteiger partial charge in [0.1, 0.15) is 0 Å². The molecule has 1 saturated heterocycles. The van der Waals surface area contributed by atoms with Crippen LogP contribution in [-0.2, 0) is 9.53 Å². The summed E-state index contributed by atoms with van der Waals surface area (Å²) < 4.78 is 7.31. The Morgan fingerprint density at radius 1 is 1.14 bits per heavy atom. The first-order chi connectivity index (χ1) is 13.3. The van der Waals surface area contributed by atoms with Gasteiger partial charge in [0.05, 0.1) is 5.56 Å². The van der Waals surface area contributed by atoms with Gasteiger partial charge in [0.2, 0.25) is 11.7 Å². The number of Topliss-reactive ketones (excluding diaryl/α,β-unsaturated/α-hetero) is 1. The number of amides is 1. The third-order valence-corrected chi connectivity index (χ3v) is 5.12. The quantitative estimate of drug-likeness (QED) is 0.562. The van der Waals surface area contributed by atoms with Gasteiger partial charge < -0.3 is 14.2 Å². The molecule has 0 atom stereocenters. The lowest BCUT2D eigenvalue weighted by atomic mass is 10.1. The molecule has 3 rings (SSSR count). The van der Waals surface area contributed by atoms with Crippen LogP contribution in [0.25, 0.3) is 0 Å². The number of nitrogens with zero attached hydrogens (tertiary/aromatic N) is 2. The van der Waals surface area contributed by atoms with Crippen LogP contribution in [0.15, 0.2) is 30.3 Å². The summed E-state index contributed by atoms with van der Waals surface area (Å²) in [6.07, 6.45) is 1.41. The monoisotopic (exact) mass is 382 g/mol. The van der Waals surface area contributed by atoms with Gasteiger partial charge in [-0.2, -0.15) is 0 Å². The Morgan fingerprint density at radius 3 is 2.36 bits per heavy atom. The van der Waals surface area contributed by atoms with Gasteiger partial charge in [0, 0.05) is 41.6 Å². The van der Waals surface area contributed by atoms with Crippen molar-refractivity contribution in [2.75, 3.05) is 18.1 Å². The van der Waals surface area contributed by atoms with Gasteiger partial charge in [0.25, 0.3) is 0 Å². The number of benzene rings is 1. The second kappa shape index (κ2) is 8.00. The molecule has 0 N–H and O–H groups in total. The Kier molecular flexibility index (Phi) is 5.68. The van der Waals surface area contributed by atoms with E-state index in [0.717, 1.165) is 23.5 Å². The summed E-state index contributed by atoms with van der Waals surface area (Å²) in [7, 11) is 0. The summed E-state index contributed by atoms with van der Waals surface area (Å²) in [6, 6.07) is 8.81. The predicted octanol–water partition coefficient (Wildman–Crippen LogP) is 3.85. The Balaban J connectivity index is 1.63. The van der Waals surface area contributed by atoms with Crippen LogP contribution in [0.4, 0.5) is 5.69 Å². The number of carbonyl (C=O) groups excluding carboxylic acids is 3. The van der Waals surface area contributed by atoms with Crippen LogP contribution in [0.3, 0.4) is 0 Å². The summed E-state index contributed by atoms with van der Waals surface area (Å²) in [5.41, 5.74) is 3.61. The minimum atomic E-state index is -0.551. The minimum absolute atomic E-state index is 0.0971. The maximum atomic E-state index is 12.5. The number of anilines is 1. The summed E-state index contributed by atoms with van der Waals surface area (Å²) in [5, 5.41) is 0. The van der Waals surface area contributed by atoms with Crippen LogP contribution in [0, 0.1) is 13.8 Å². The molecule has 0 unspecified atom stereocenters. The highest BCUT2D eigenvalue weighted by atomic mass is 16.5. The van der Waals surface area contributed by atoms with Gasteiger partial charge in [-0.3, -0.25) is 9.59 Å². The molecular formula is C22H26N2O4. The number of ketones is 1. The maximum Gasteiger partial charge on any atom is 0.338 e. The highest BCUT2D eigenvalue weighted by Gasteiger charge is 2.22. The van der Waals surface area contributed by atoms with Gasteiger partial charge in [-0.1, -0.05) is 0 Å². The van der Waals surface area contributed by atoms with E-state index in [9.17, 15) is 14.4 Å². The largest absolute Gasteiger partial charge is 0.454 e. The topological polar surface area (TPSA) is 68.6 Å². The molecule has 1 fully saturated rings. The predicted molar refractivity (Wildman–Crippen MR) is 107 cm³/mol. The molecule has 1 aliphatic rings. The van der Waals surface area contributed by atoms with E-state index in [1.165, 1.54) is 0 Å². The number of ether oxygens (including phenoxy) is 1. The van der Waals surface area contributed by atoms with E-state index < -0.39 is 5.97 Å². The van der Waals surface area contributed by atoms with E-state index >= 15 is 0 Å². The average Bonchev–Trinajstić information content (AvgIpc) is 3.22. The molecule has 0 saturated carbocycles. The van der Waals surface area contributed by atoms with Crippen molar-refractivity contribution in [3.05, 3.63) is 52.8 Å². The minimum Gasteiger partial charge on any atom is -0.454 e. The fraction of sp³-hybridized carbons (Fsp3) is 0.409. The van der Waals surface area contributed by atoms with Crippen molar-refractivity contribution in [3.63, 3.8) is 0 Å². The number of hydrogen-bond donors (Lipinski definition) is 0. The van der Waals surface area contributed by atoms with Crippen molar-refractivity contribution in [2.45, 2.75) is 46.6 Å². The molecule has 0 bridgehead atoms. The normalized spacial score (nSPS) is 14.0. The molecule has 2 heterocycles. The highest BCUT2D eigenvalue weighted by Crippen LogP contribution is 2.23. The van der Waals surface area contributed by atoms with Gasteiger partial charge in [-0.15, -0.1) is 0 Å². The van der Waals surface area contributed by atoms with Crippen molar-refractivity contribution in [2.24, 2.45) is 0 Å². The summed E-state index contributed by atoms with van der Waals surface area (Å²) >= 11 is 0. The van der Waals surface area contributed by atoms with Crippen LogP contribution in [-0.4, -0.2) is 35.4 Å². The van der Waals surface area contributed by atoms with Crippen LogP contribution in [0.1, 0.15) is 64.8 Å². The summed E-state index contributed by atoms with van der Waals surface area (Å²) in [4.78, 5) is 38.3. The Hall–Kier alpha value is -2.89. The molecule has 1 aromatic heterocycles. The number of carbonyl (C=O) groups is 3. The molecule has 0 radical (unpaired) electrons. The van der Waals surface area contributed by atoms with Crippen molar-refractivity contribution in [1.82, 2.24) is 4.57 Å². The molecule has 28 heavy (non-hydrogen) atoms. The summed E-state index contributed by atoms with van der Waals surface area (Å²) in [6.45, 7) is 8.39. The van der Waals surface area contributed by atoms with E-state index in [0.29, 0.717) is 24.1 Å². The van der Waals surface area contributed by atoms with Crippen molar-refractivity contribution >= 4 is 23.3 Å². The van der Waals surface area contributed by atoms with E-state index in [2.05, 4.69) is 18.4 Å². The Morgan fingerprint density at radius 2 is 1.82 bits per heavy atom. The second-order valence-electron chi connectivity index (χ2n) is 7.44. The second-order valence-corrected chi connectivity index (χ2v) is 7.44. The van der Waals surface area contributed by atoms with Crippen molar-refractivity contribution in [1.29, 1.82) is 0 Å². The lowest BCUT2D eigenvalue weighted by Gasteiger charge is -2.15. The molecule has 1 aliphatic heterocycles. The van der Waals surface area contributed by atoms with Crippen LogP contribution in [0.2, 0.25) is 0 Å². The molecule has 148 valence electrons. The number of aryl methyl sites for hydroxylation is 1. The molecular weight excluding hydrogens is 356 g/mol. The Labute approximate surface area is 165 Å². The van der Waals surface area contributed by atoms with E-state index in [1.807, 2.05) is 19.9 Å². The fourth-order valence-corrected chi connectivity index (χ4v) is 3.84. The maximum absolute atomic E-state index is 12.5. The van der Waals surface area contributed by atoms with Gasteiger partial charge in [-0.05, 0) is 64.4 Å². The fourth-order valence-electron chi connectivity index (χ4n) is 3.84. The lowest BCUT2D eigenvalue weighted by molar-refractivity contribution is -0.117. The standard InChI is InChI=1S/C22H26N2O4/c1-14(2)24-15(3)12-19(16(24)4)20(25)13-28-22(27)17-7-9-18(10-8-17)23-11-5-6-21(23)26/h7-10,12,14H,5-6,11,13H2,1-4H3. The number of hydrogen-bond acceptors (Lipinski definition) is 4. The molecule has 2 aromatic rings. The molecule has 0 spiro atoms. The number of aromatic nitrogens is 1. The van der Waals surface area contributed by atoms with Gasteiger partial charge in [-0.25, -0.2) is 4.79 Å². The van der Waals surface area contributed by atoms with Gasteiger partial charge >= 0.3 is 5.97 Å². The van der Waals surface area contributed by atoms with Crippen LogP contribution in [0.5, 0.6) is 0 Å². The van der Waals surface area contributed by atoms with E-state index in [1.54, 1.807) is 29.2 Å².